The third kappa shape index (κ3) is 3.68. The maximum atomic E-state index is 12.2. The molecule has 0 saturated heterocycles. The number of aromatic nitrogens is 3. The van der Waals surface area contributed by atoms with Gasteiger partial charge >= 0.3 is 5.97 Å². The fraction of sp³-hybridized carbons (Fsp3) is 0.294. The number of ether oxygens (including phenoxy) is 1. The number of nitrogens with zero attached hydrogens (tertiary/aromatic N) is 3. The molecule has 0 aliphatic carbocycles. The lowest BCUT2D eigenvalue weighted by atomic mass is 10.2. The second-order valence-electron chi connectivity index (χ2n) is 5.45. The maximum Gasteiger partial charge on any atom is 0.338 e. The van der Waals surface area contributed by atoms with Crippen LogP contribution in [0.4, 0.5) is 0 Å². The summed E-state index contributed by atoms with van der Waals surface area (Å²) in [6.45, 7) is 4.40. The minimum atomic E-state index is -0.926. The lowest BCUT2D eigenvalue weighted by Crippen LogP contribution is -2.35. The van der Waals surface area contributed by atoms with E-state index in [-0.39, 0.29) is 6.54 Å². The number of amides is 1. The number of carbonyl (C=O) groups excluding carboxylic acids is 2. The average Bonchev–Trinajstić information content (AvgIpc) is 3.28. The third-order valence-corrected chi connectivity index (χ3v) is 3.72. The zero-order valence-electron chi connectivity index (χ0n) is 13.9. The Hall–Kier alpha value is -3.16. The summed E-state index contributed by atoms with van der Waals surface area (Å²) >= 11 is 0. The van der Waals surface area contributed by atoms with E-state index in [0.717, 1.165) is 5.52 Å². The number of hydrogen-bond donors (Lipinski definition) is 1. The van der Waals surface area contributed by atoms with E-state index in [9.17, 15) is 9.59 Å². The fourth-order valence-electron chi connectivity index (χ4n) is 2.35. The smallest absolute Gasteiger partial charge is 0.338 e. The van der Waals surface area contributed by atoms with E-state index in [1.165, 1.54) is 13.2 Å². The maximum absolute atomic E-state index is 12.2. The Labute approximate surface area is 143 Å². The van der Waals surface area contributed by atoms with Crippen molar-refractivity contribution in [2.75, 3.05) is 0 Å². The summed E-state index contributed by atoms with van der Waals surface area (Å²) in [5.74, 6) is -0.368. The molecular formula is C17H18N4O4. The number of fused-ring (bicyclic) bond motifs is 1. The van der Waals surface area contributed by atoms with Crippen LogP contribution in [0.1, 0.15) is 30.0 Å². The van der Waals surface area contributed by atoms with Crippen molar-refractivity contribution in [1.29, 1.82) is 0 Å². The van der Waals surface area contributed by atoms with Crippen molar-refractivity contribution < 1.29 is 18.7 Å². The number of benzene rings is 1. The fourth-order valence-corrected chi connectivity index (χ4v) is 2.35. The van der Waals surface area contributed by atoms with E-state index >= 15 is 0 Å². The molecule has 1 amide bonds. The highest BCUT2D eigenvalue weighted by Gasteiger charge is 2.19. The van der Waals surface area contributed by atoms with Gasteiger partial charge in [-0.25, -0.2) is 9.48 Å². The molecule has 8 heteroatoms. The van der Waals surface area contributed by atoms with E-state index in [1.807, 2.05) is 6.92 Å². The monoisotopic (exact) mass is 342 g/mol. The van der Waals surface area contributed by atoms with Gasteiger partial charge in [0.1, 0.15) is 11.3 Å². The lowest BCUT2D eigenvalue weighted by Gasteiger charge is -2.13. The molecule has 130 valence electrons. The summed E-state index contributed by atoms with van der Waals surface area (Å²) in [4.78, 5) is 24.2. The van der Waals surface area contributed by atoms with Crippen LogP contribution in [0.5, 0.6) is 0 Å². The first kappa shape index (κ1) is 16.7. The first-order valence-electron chi connectivity index (χ1n) is 7.92. The van der Waals surface area contributed by atoms with Crippen LogP contribution in [0.15, 0.2) is 41.0 Å². The van der Waals surface area contributed by atoms with E-state index in [4.69, 9.17) is 9.15 Å². The van der Waals surface area contributed by atoms with Crippen molar-refractivity contribution in [2.45, 2.75) is 33.0 Å². The highest BCUT2D eigenvalue weighted by atomic mass is 16.5. The van der Waals surface area contributed by atoms with E-state index in [1.54, 1.807) is 35.0 Å². The second kappa shape index (κ2) is 7.16. The first-order valence-corrected chi connectivity index (χ1v) is 7.92. The van der Waals surface area contributed by atoms with Gasteiger partial charge in [-0.2, -0.15) is 0 Å². The minimum absolute atomic E-state index is 0.236. The molecule has 3 aromatic rings. The van der Waals surface area contributed by atoms with Gasteiger partial charge in [0.2, 0.25) is 0 Å². The zero-order chi connectivity index (χ0) is 17.8. The largest absolute Gasteiger partial charge is 0.467 e. The molecule has 0 fully saturated rings. The predicted octanol–water partition coefficient (Wildman–Crippen LogP) is 1.91. The van der Waals surface area contributed by atoms with Crippen LogP contribution in [0.3, 0.4) is 0 Å². The minimum Gasteiger partial charge on any atom is -0.467 e. The van der Waals surface area contributed by atoms with E-state index in [0.29, 0.717) is 23.4 Å². The summed E-state index contributed by atoms with van der Waals surface area (Å²) < 4.78 is 12.1. The Balaban J connectivity index is 1.61. The van der Waals surface area contributed by atoms with Crippen LogP contribution >= 0.6 is 0 Å². The second-order valence-corrected chi connectivity index (χ2v) is 5.45. The SMILES string of the molecule is CCn1nnc2cc(C(=O)OC(C)C(=O)NCc3ccco3)ccc21. The highest BCUT2D eigenvalue weighted by molar-refractivity contribution is 5.95. The summed E-state index contributed by atoms with van der Waals surface area (Å²) in [7, 11) is 0. The quantitative estimate of drug-likeness (QED) is 0.687. The summed E-state index contributed by atoms with van der Waals surface area (Å²) in [6.07, 6.45) is 0.597. The number of furan rings is 1. The number of carbonyl (C=O) groups is 2. The molecule has 0 radical (unpaired) electrons. The topological polar surface area (TPSA) is 99.3 Å². The van der Waals surface area contributed by atoms with E-state index in [2.05, 4.69) is 15.6 Å². The lowest BCUT2D eigenvalue weighted by molar-refractivity contribution is -0.129. The van der Waals surface area contributed by atoms with Crippen LogP contribution in [0.25, 0.3) is 11.0 Å². The molecule has 1 atom stereocenters. The van der Waals surface area contributed by atoms with Crippen LogP contribution in [-0.2, 0) is 22.6 Å². The summed E-state index contributed by atoms with van der Waals surface area (Å²) in [6, 6.07) is 8.47. The number of esters is 1. The zero-order valence-corrected chi connectivity index (χ0v) is 13.9. The molecule has 0 bridgehead atoms. The van der Waals surface area contributed by atoms with Crippen LogP contribution in [0.2, 0.25) is 0 Å². The van der Waals surface area contributed by atoms with Gasteiger partial charge < -0.3 is 14.5 Å². The van der Waals surface area contributed by atoms with Gasteiger partial charge in [0.15, 0.2) is 6.10 Å². The third-order valence-electron chi connectivity index (χ3n) is 3.72. The molecule has 0 spiro atoms. The van der Waals surface area contributed by atoms with Crippen molar-refractivity contribution in [1.82, 2.24) is 20.3 Å². The Bertz CT molecular complexity index is 885. The molecule has 1 unspecified atom stereocenters. The molecule has 0 aliphatic heterocycles. The molecule has 1 aromatic carbocycles. The number of hydrogen-bond acceptors (Lipinski definition) is 6. The number of nitrogens with one attached hydrogen (secondary N) is 1. The normalized spacial score (nSPS) is 12.1. The van der Waals surface area contributed by atoms with Gasteiger partial charge in [0.05, 0.1) is 23.9 Å². The van der Waals surface area contributed by atoms with E-state index < -0.39 is 18.0 Å². The van der Waals surface area contributed by atoms with Gasteiger partial charge in [0, 0.05) is 6.54 Å². The number of rotatable bonds is 6. The molecular weight excluding hydrogens is 324 g/mol. The molecule has 25 heavy (non-hydrogen) atoms. The Morgan fingerprint density at radius 2 is 2.20 bits per heavy atom. The Kier molecular flexibility index (Phi) is 4.78. The molecule has 2 aromatic heterocycles. The van der Waals surface area contributed by atoms with Gasteiger partial charge in [0.25, 0.3) is 5.91 Å². The predicted molar refractivity (Wildman–Crippen MR) is 88.6 cm³/mol. The van der Waals surface area contributed by atoms with Crippen molar-refractivity contribution >= 4 is 22.9 Å². The van der Waals surface area contributed by atoms with Crippen molar-refractivity contribution in [3.05, 3.63) is 47.9 Å². The highest BCUT2D eigenvalue weighted by Crippen LogP contribution is 2.15. The van der Waals surface area contributed by atoms with Crippen molar-refractivity contribution in [2.24, 2.45) is 0 Å². The summed E-state index contributed by atoms with van der Waals surface area (Å²) in [5.41, 5.74) is 1.76. The number of aryl methyl sites for hydroxylation is 1. The van der Waals surface area contributed by atoms with Crippen molar-refractivity contribution in [3.8, 4) is 0 Å². The summed E-state index contributed by atoms with van der Waals surface area (Å²) in [5, 5.41) is 10.7. The van der Waals surface area contributed by atoms with Crippen molar-refractivity contribution in [3.63, 3.8) is 0 Å². The van der Waals surface area contributed by atoms with Gasteiger partial charge in [-0.1, -0.05) is 5.21 Å². The van der Waals surface area contributed by atoms with Crippen LogP contribution < -0.4 is 5.32 Å². The molecule has 8 nitrogen and oxygen atoms in total. The van der Waals surface area contributed by atoms with Gasteiger partial charge in [-0.05, 0) is 44.2 Å². The molecule has 0 aliphatic rings. The Morgan fingerprint density at radius 1 is 1.36 bits per heavy atom. The average molecular weight is 342 g/mol. The van der Waals surface area contributed by atoms with Crippen LogP contribution in [0, 0.1) is 0 Å². The van der Waals surface area contributed by atoms with Gasteiger partial charge in [-0.15, -0.1) is 5.10 Å². The standard InChI is InChI=1S/C17H18N4O4/c1-3-21-15-7-6-12(9-14(15)19-20-21)17(23)25-11(2)16(22)18-10-13-5-4-8-24-13/h4-9,11H,3,10H2,1-2H3,(H,18,22). The van der Waals surface area contributed by atoms with Crippen LogP contribution in [-0.4, -0.2) is 33.0 Å². The first-order chi connectivity index (χ1) is 12.1. The molecule has 0 saturated carbocycles. The Morgan fingerprint density at radius 3 is 2.92 bits per heavy atom. The molecule has 3 rings (SSSR count). The molecule has 1 N–H and O–H groups in total. The van der Waals surface area contributed by atoms with Gasteiger partial charge in [-0.3, -0.25) is 4.79 Å². The molecule has 2 heterocycles.